The predicted molar refractivity (Wildman–Crippen MR) is 146 cm³/mol. The van der Waals surface area contributed by atoms with Crippen LogP contribution in [0.2, 0.25) is 0 Å². The van der Waals surface area contributed by atoms with Crippen LogP contribution in [0.1, 0.15) is 57.4 Å². The molecule has 0 spiro atoms. The summed E-state index contributed by atoms with van der Waals surface area (Å²) >= 11 is 0. The fraction of sp³-hybridized carbons (Fsp3) is 0.467. The molecule has 37 heavy (non-hydrogen) atoms. The van der Waals surface area contributed by atoms with Gasteiger partial charge >= 0.3 is 0 Å². The monoisotopic (exact) mass is 508 g/mol. The van der Waals surface area contributed by atoms with Crippen molar-refractivity contribution < 1.29 is 24.2 Å². The largest absolute Gasteiger partial charge is 0.507 e. The van der Waals surface area contributed by atoms with E-state index in [9.17, 15) is 14.7 Å². The highest BCUT2D eigenvalue weighted by Crippen LogP contribution is 2.40. The first-order chi connectivity index (χ1) is 17.7. The molecule has 0 unspecified atom stereocenters. The summed E-state index contributed by atoms with van der Waals surface area (Å²) in [5.41, 5.74) is 2.17. The van der Waals surface area contributed by atoms with Gasteiger partial charge in [-0.25, -0.2) is 0 Å². The minimum absolute atomic E-state index is 0.101. The fourth-order valence-electron chi connectivity index (χ4n) is 4.53. The molecule has 1 N–H and O–H groups in total. The van der Waals surface area contributed by atoms with Crippen molar-refractivity contribution in [2.45, 2.75) is 47.6 Å². The van der Waals surface area contributed by atoms with Gasteiger partial charge in [-0.05, 0) is 74.3 Å². The SMILES string of the molecule is CCOc1ccc([C@@H]2C(=C(O)c3ccc(OCC(C)C)c(C)c3)C(=O)C(=O)N2CCN(CC)CC)cc1. The lowest BCUT2D eigenvalue weighted by molar-refractivity contribution is -0.140. The molecule has 1 fully saturated rings. The molecule has 1 saturated heterocycles. The summed E-state index contributed by atoms with van der Waals surface area (Å²) in [4.78, 5) is 30.3. The molecule has 0 radical (unpaired) electrons. The van der Waals surface area contributed by atoms with E-state index in [4.69, 9.17) is 9.47 Å². The van der Waals surface area contributed by atoms with E-state index in [0.717, 1.165) is 30.0 Å². The van der Waals surface area contributed by atoms with Crippen LogP contribution >= 0.6 is 0 Å². The Morgan fingerprint density at radius 2 is 1.70 bits per heavy atom. The normalized spacial score (nSPS) is 17.2. The number of aliphatic hydroxyl groups excluding tert-OH is 1. The number of carbonyl (C=O) groups excluding carboxylic acids is 2. The maximum Gasteiger partial charge on any atom is 0.295 e. The second-order valence-electron chi connectivity index (χ2n) is 9.71. The van der Waals surface area contributed by atoms with Gasteiger partial charge in [0, 0.05) is 18.7 Å². The molecule has 7 heteroatoms. The van der Waals surface area contributed by atoms with Crippen molar-refractivity contribution in [2.24, 2.45) is 5.92 Å². The van der Waals surface area contributed by atoms with Crippen molar-refractivity contribution in [2.75, 3.05) is 39.4 Å². The van der Waals surface area contributed by atoms with Crippen molar-refractivity contribution in [3.05, 3.63) is 64.7 Å². The number of nitrogens with zero attached hydrogens (tertiary/aromatic N) is 2. The van der Waals surface area contributed by atoms with Crippen LogP contribution in [0, 0.1) is 12.8 Å². The summed E-state index contributed by atoms with van der Waals surface area (Å²) in [5.74, 6) is 0.372. The number of carbonyl (C=O) groups is 2. The van der Waals surface area contributed by atoms with Crippen LogP contribution in [-0.4, -0.2) is 66.0 Å². The number of hydrogen-bond donors (Lipinski definition) is 1. The highest BCUT2D eigenvalue weighted by atomic mass is 16.5. The quantitative estimate of drug-likeness (QED) is 0.241. The molecular formula is C30H40N2O5. The molecule has 3 rings (SSSR count). The number of amides is 1. The zero-order chi connectivity index (χ0) is 27.1. The average Bonchev–Trinajstić information content (AvgIpc) is 3.13. The van der Waals surface area contributed by atoms with Gasteiger partial charge in [0.05, 0.1) is 24.8 Å². The summed E-state index contributed by atoms with van der Waals surface area (Å²) in [6.07, 6.45) is 0. The van der Waals surface area contributed by atoms with Crippen LogP contribution < -0.4 is 9.47 Å². The van der Waals surface area contributed by atoms with Gasteiger partial charge in [-0.15, -0.1) is 0 Å². The molecule has 1 atom stereocenters. The van der Waals surface area contributed by atoms with Crippen LogP contribution in [0.15, 0.2) is 48.0 Å². The van der Waals surface area contributed by atoms with Crippen LogP contribution in [0.25, 0.3) is 5.76 Å². The maximum atomic E-state index is 13.3. The van der Waals surface area contributed by atoms with Gasteiger partial charge in [0.25, 0.3) is 11.7 Å². The van der Waals surface area contributed by atoms with Crippen LogP contribution in [-0.2, 0) is 9.59 Å². The number of benzene rings is 2. The Hall–Kier alpha value is -3.32. The van der Waals surface area contributed by atoms with Crippen molar-refractivity contribution in [1.82, 2.24) is 9.80 Å². The Morgan fingerprint density at radius 3 is 2.27 bits per heavy atom. The second-order valence-corrected chi connectivity index (χ2v) is 9.71. The third-order valence-electron chi connectivity index (χ3n) is 6.62. The van der Waals surface area contributed by atoms with E-state index in [1.54, 1.807) is 23.1 Å². The van der Waals surface area contributed by atoms with Gasteiger partial charge < -0.3 is 24.4 Å². The topological polar surface area (TPSA) is 79.3 Å². The highest BCUT2D eigenvalue weighted by Gasteiger charge is 2.46. The number of likely N-dealkylation sites (N-methyl/N-ethyl adjacent to an activating group) is 1. The lowest BCUT2D eigenvalue weighted by Gasteiger charge is -2.28. The van der Waals surface area contributed by atoms with Crippen LogP contribution in [0.4, 0.5) is 0 Å². The Kier molecular flexibility index (Phi) is 9.75. The Bertz CT molecular complexity index is 1120. The highest BCUT2D eigenvalue weighted by molar-refractivity contribution is 6.46. The first kappa shape index (κ1) is 28.3. The predicted octanol–water partition coefficient (Wildman–Crippen LogP) is 5.19. The van der Waals surface area contributed by atoms with Crippen molar-refractivity contribution >= 4 is 17.4 Å². The van der Waals surface area contributed by atoms with Gasteiger partial charge in [-0.2, -0.15) is 0 Å². The summed E-state index contributed by atoms with van der Waals surface area (Å²) in [6, 6.07) is 12.0. The van der Waals surface area contributed by atoms with E-state index in [1.165, 1.54) is 0 Å². The van der Waals surface area contributed by atoms with Crippen molar-refractivity contribution in [3.63, 3.8) is 0 Å². The zero-order valence-electron chi connectivity index (χ0n) is 22.9. The zero-order valence-corrected chi connectivity index (χ0v) is 22.9. The van der Waals surface area contributed by atoms with E-state index < -0.39 is 17.7 Å². The first-order valence-electron chi connectivity index (χ1n) is 13.2. The van der Waals surface area contributed by atoms with E-state index in [-0.39, 0.29) is 11.3 Å². The molecule has 1 aliphatic rings. The molecule has 1 heterocycles. The minimum atomic E-state index is -0.691. The second kappa shape index (κ2) is 12.8. The van der Waals surface area contributed by atoms with Crippen molar-refractivity contribution in [1.29, 1.82) is 0 Å². The fourth-order valence-corrected chi connectivity index (χ4v) is 4.53. The molecule has 200 valence electrons. The number of likely N-dealkylation sites (tertiary alicyclic amines) is 1. The summed E-state index contributed by atoms with van der Waals surface area (Å²) in [7, 11) is 0. The summed E-state index contributed by atoms with van der Waals surface area (Å²) in [6.45, 7) is 15.9. The molecule has 0 saturated carbocycles. The third kappa shape index (κ3) is 6.52. The molecule has 1 aliphatic heterocycles. The maximum absolute atomic E-state index is 13.3. The van der Waals surface area contributed by atoms with Crippen LogP contribution in [0.3, 0.4) is 0 Å². The van der Waals surface area contributed by atoms with Gasteiger partial charge in [-0.3, -0.25) is 9.59 Å². The Morgan fingerprint density at radius 1 is 1.03 bits per heavy atom. The lowest BCUT2D eigenvalue weighted by atomic mass is 9.94. The molecule has 0 aromatic heterocycles. The van der Waals surface area contributed by atoms with E-state index in [2.05, 4.69) is 32.6 Å². The van der Waals surface area contributed by atoms with Crippen LogP contribution in [0.5, 0.6) is 11.5 Å². The minimum Gasteiger partial charge on any atom is -0.507 e. The Balaban J connectivity index is 2.05. The number of ether oxygens (including phenoxy) is 2. The smallest absolute Gasteiger partial charge is 0.295 e. The average molecular weight is 509 g/mol. The number of rotatable bonds is 12. The number of Topliss-reactive ketones (excluding diaryl/α,β-unsaturated/α-hetero) is 1. The Labute approximate surface area is 220 Å². The van der Waals surface area contributed by atoms with E-state index in [1.807, 2.05) is 38.1 Å². The third-order valence-corrected chi connectivity index (χ3v) is 6.62. The van der Waals surface area contributed by atoms with Gasteiger partial charge in [0.15, 0.2) is 0 Å². The lowest BCUT2D eigenvalue weighted by Crippen LogP contribution is -2.38. The number of hydrogen-bond acceptors (Lipinski definition) is 6. The van der Waals surface area contributed by atoms with E-state index >= 15 is 0 Å². The number of aliphatic hydroxyl groups is 1. The molecular weight excluding hydrogens is 468 g/mol. The summed E-state index contributed by atoms with van der Waals surface area (Å²) in [5, 5.41) is 11.4. The first-order valence-corrected chi connectivity index (χ1v) is 13.2. The molecule has 0 aliphatic carbocycles. The standard InChI is InChI=1S/C30H40N2O5/c1-7-31(8-2)16-17-32-27(22-10-13-24(14-11-22)36-9-3)26(29(34)30(32)35)28(33)23-12-15-25(21(6)18-23)37-19-20(4)5/h10-15,18,20,27,33H,7-9,16-17,19H2,1-6H3/t27-/m1/s1. The van der Waals surface area contributed by atoms with Gasteiger partial charge in [0.2, 0.25) is 0 Å². The van der Waals surface area contributed by atoms with E-state index in [0.29, 0.717) is 43.5 Å². The molecule has 7 nitrogen and oxygen atoms in total. The number of aryl methyl sites for hydroxylation is 1. The molecule has 2 aromatic carbocycles. The van der Waals surface area contributed by atoms with Gasteiger partial charge in [0.1, 0.15) is 17.3 Å². The number of ketones is 1. The van der Waals surface area contributed by atoms with Gasteiger partial charge in [-0.1, -0.05) is 39.8 Å². The molecule has 1 amide bonds. The van der Waals surface area contributed by atoms with Crippen molar-refractivity contribution in [3.8, 4) is 11.5 Å². The molecule has 2 aromatic rings. The molecule has 0 bridgehead atoms. The summed E-state index contributed by atoms with van der Waals surface area (Å²) < 4.78 is 11.4.